The van der Waals surface area contributed by atoms with Crippen LogP contribution in [0.15, 0.2) is 59.4 Å². The van der Waals surface area contributed by atoms with Crippen molar-refractivity contribution >= 4 is 6.08 Å². The Morgan fingerprint density at radius 1 is 0.969 bits per heavy atom. The first-order valence-electron chi connectivity index (χ1n) is 12.5. The average Bonchev–Trinajstić information content (AvgIpc) is 2.94. The second-order valence-corrected chi connectivity index (χ2v) is 8.82. The van der Waals surface area contributed by atoms with Crippen LogP contribution in [0.4, 0.5) is 0 Å². The van der Waals surface area contributed by atoms with Gasteiger partial charge < -0.3 is 10.2 Å². The summed E-state index contributed by atoms with van der Waals surface area (Å²) in [5.74, 6) is 0.494. The van der Waals surface area contributed by atoms with Gasteiger partial charge in [-0.05, 0) is 67.4 Å². The van der Waals surface area contributed by atoms with Crippen molar-refractivity contribution < 1.29 is 10.2 Å². The molecule has 0 bridgehead atoms. The predicted octanol–water partition coefficient (Wildman–Crippen LogP) is 8.61. The first-order valence-corrected chi connectivity index (χ1v) is 12.5. The fraction of sp³-hybridized carbons (Fsp3) is 0.533. The van der Waals surface area contributed by atoms with E-state index >= 15 is 0 Å². The number of hydrogen-bond acceptors (Lipinski definition) is 2. The molecule has 0 aliphatic heterocycles. The molecule has 32 heavy (non-hydrogen) atoms. The Labute approximate surface area is 197 Å². The van der Waals surface area contributed by atoms with Crippen LogP contribution in [0, 0.1) is 12.8 Å². The fourth-order valence-electron chi connectivity index (χ4n) is 4.48. The number of benzene rings is 1. The van der Waals surface area contributed by atoms with E-state index in [-0.39, 0.29) is 11.3 Å². The molecule has 1 aromatic rings. The summed E-state index contributed by atoms with van der Waals surface area (Å²) in [7, 11) is 0. The van der Waals surface area contributed by atoms with Gasteiger partial charge in [-0.3, -0.25) is 0 Å². The zero-order chi connectivity index (χ0) is 24.5. The van der Waals surface area contributed by atoms with Crippen molar-refractivity contribution in [3.8, 4) is 0 Å². The van der Waals surface area contributed by atoms with Gasteiger partial charge in [0.1, 0.15) is 5.76 Å². The molecule has 1 unspecified atom stereocenters. The first-order chi connectivity index (χ1) is 15.2. The maximum absolute atomic E-state index is 10.6. The highest BCUT2D eigenvalue weighted by Crippen LogP contribution is 2.42. The van der Waals surface area contributed by atoms with Crippen molar-refractivity contribution in [2.75, 3.05) is 0 Å². The summed E-state index contributed by atoms with van der Waals surface area (Å²) in [5, 5.41) is 21.0. The normalized spacial score (nSPS) is 17.2. The molecule has 1 aliphatic rings. The number of hydrogen-bond donors (Lipinski definition) is 2. The van der Waals surface area contributed by atoms with E-state index in [1.165, 1.54) is 16.7 Å². The Bertz CT molecular complexity index is 859. The van der Waals surface area contributed by atoms with E-state index in [1.807, 2.05) is 47.6 Å². The lowest BCUT2D eigenvalue weighted by atomic mass is 9.69. The molecule has 0 saturated heterocycles. The Kier molecular flexibility index (Phi) is 10.7. The summed E-state index contributed by atoms with van der Waals surface area (Å²) in [6.07, 6.45) is 13.9. The summed E-state index contributed by atoms with van der Waals surface area (Å²) in [6.45, 7) is 18.7. The highest BCUT2D eigenvalue weighted by molar-refractivity contribution is 5.57. The molecule has 0 amide bonds. The highest BCUT2D eigenvalue weighted by Gasteiger charge is 2.33. The van der Waals surface area contributed by atoms with E-state index in [0.717, 1.165) is 24.0 Å². The predicted molar refractivity (Wildman–Crippen MR) is 141 cm³/mol. The van der Waals surface area contributed by atoms with Crippen molar-refractivity contribution in [3.63, 3.8) is 0 Å². The Hall–Kier alpha value is -2.06. The lowest BCUT2D eigenvalue weighted by Crippen LogP contribution is -2.27. The molecule has 0 radical (unpaired) electrons. The quantitative estimate of drug-likeness (QED) is 0.426. The van der Waals surface area contributed by atoms with E-state index in [4.69, 9.17) is 0 Å². The third kappa shape index (κ3) is 6.04. The molecular weight excluding hydrogens is 392 g/mol. The SMILES string of the molecule is CC.CCC(O)(/C=C/c1ccc(C(CC)(CC)C2=CC(C)=C(O)C(C)C=C2)cc1C)CC. The second kappa shape index (κ2) is 12.3. The van der Waals surface area contributed by atoms with E-state index in [9.17, 15) is 10.2 Å². The highest BCUT2D eigenvalue weighted by atomic mass is 16.3. The van der Waals surface area contributed by atoms with Crippen molar-refractivity contribution in [2.24, 2.45) is 5.92 Å². The largest absolute Gasteiger partial charge is 0.511 e. The van der Waals surface area contributed by atoms with Crippen LogP contribution in [-0.2, 0) is 5.41 Å². The van der Waals surface area contributed by atoms with Crippen LogP contribution in [-0.4, -0.2) is 15.8 Å². The summed E-state index contributed by atoms with van der Waals surface area (Å²) in [4.78, 5) is 0. The third-order valence-electron chi connectivity index (χ3n) is 7.15. The van der Waals surface area contributed by atoms with Crippen LogP contribution in [0.2, 0.25) is 0 Å². The van der Waals surface area contributed by atoms with Gasteiger partial charge in [0.2, 0.25) is 0 Å². The van der Waals surface area contributed by atoms with Crippen LogP contribution in [0.5, 0.6) is 0 Å². The topological polar surface area (TPSA) is 40.5 Å². The Balaban J connectivity index is 0.00000249. The molecule has 2 N–H and O–H groups in total. The molecule has 0 heterocycles. The molecular formula is C30H46O2. The minimum absolute atomic E-state index is 0.0373. The van der Waals surface area contributed by atoms with Crippen LogP contribution >= 0.6 is 0 Å². The van der Waals surface area contributed by atoms with Crippen LogP contribution in [0.1, 0.15) is 97.8 Å². The van der Waals surface area contributed by atoms with E-state index < -0.39 is 5.60 Å². The number of rotatable bonds is 8. The van der Waals surface area contributed by atoms with Crippen LogP contribution in [0.25, 0.3) is 6.08 Å². The first kappa shape index (κ1) is 28.0. The van der Waals surface area contributed by atoms with Gasteiger partial charge >= 0.3 is 0 Å². The summed E-state index contributed by atoms with van der Waals surface area (Å²) < 4.78 is 0. The van der Waals surface area contributed by atoms with Gasteiger partial charge in [0.05, 0.1) is 5.60 Å². The monoisotopic (exact) mass is 438 g/mol. The number of aliphatic hydroxyl groups is 2. The number of allylic oxidation sites excluding steroid dienone is 5. The van der Waals surface area contributed by atoms with Crippen molar-refractivity contribution in [3.05, 3.63) is 76.1 Å². The van der Waals surface area contributed by atoms with Crippen LogP contribution < -0.4 is 0 Å². The maximum atomic E-state index is 10.6. The van der Waals surface area contributed by atoms with Crippen molar-refractivity contribution in [2.45, 2.75) is 99.0 Å². The van der Waals surface area contributed by atoms with Gasteiger partial charge in [0.15, 0.2) is 0 Å². The fourth-order valence-corrected chi connectivity index (χ4v) is 4.48. The molecule has 2 rings (SSSR count). The molecule has 0 spiro atoms. The maximum Gasteiger partial charge on any atom is 0.102 e. The molecule has 0 saturated carbocycles. The molecule has 1 aliphatic carbocycles. The van der Waals surface area contributed by atoms with Gasteiger partial charge in [-0.2, -0.15) is 0 Å². The molecule has 0 aromatic heterocycles. The smallest absolute Gasteiger partial charge is 0.102 e. The molecule has 2 nitrogen and oxygen atoms in total. The summed E-state index contributed by atoms with van der Waals surface area (Å²) >= 11 is 0. The van der Waals surface area contributed by atoms with E-state index in [1.54, 1.807) is 0 Å². The van der Waals surface area contributed by atoms with E-state index in [2.05, 4.69) is 63.3 Å². The molecule has 178 valence electrons. The number of aliphatic hydroxyl groups excluding tert-OH is 1. The molecule has 1 atom stereocenters. The lowest BCUT2D eigenvalue weighted by Gasteiger charge is -2.35. The van der Waals surface area contributed by atoms with Gasteiger partial charge in [-0.25, -0.2) is 0 Å². The van der Waals surface area contributed by atoms with Gasteiger partial charge in [-0.1, -0.05) is 97.0 Å². The molecule has 1 aromatic carbocycles. The third-order valence-corrected chi connectivity index (χ3v) is 7.15. The van der Waals surface area contributed by atoms with Gasteiger partial charge in [0.25, 0.3) is 0 Å². The zero-order valence-corrected chi connectivity index (χ0v) is 21.9. The molecule has 0 fully saturated rings. The standard InChI is InChI=1S/C28H40O2.C2H6/c1-8-27(30,9-2)17-16-23-13-15-25(18-21(23)6)28(10-3,11-4)24-14-12-20(5)26(29)22(7)19-24;1-2/h12-20,29-30H,8-11H2,1-7H3;1-2H3/b17-16+;. The summed E-state index contributed by atoms with van der Waals surface area (Å²) in [5.41, 5.74) is 5.04. The minimum atomic E-state index is -0.736. The Morgan fingerprint density at radius 3 is 2.06 bits per heavy atom. The number of aryl methyl sites for hydroxylation is 1. The lowest BCUT2D eigenvalue weighted by molar-refractivity contribution is 0.0836. The van der Waals surface area contributed by atoms with Crippen molar-refractivity contribution in [1.29, 1.82) is 0 Å². The zero-order valence-electron chi connectivity index (χ0n) is 21.9. The second-order valence-electron chi connectivity index (χ2n) is 8.82. The van der Waals surface area contributed by atoms with Gasteiger partial charge in [-0.15, -0.1) is 0 Å². The van der Waals surface area contributed by atoms with Gasteiger partial charge in [0, 0.05) is 11.3 Å². The average molecular weight is 439 g/mol. The minimum Gasteiger partial charge on any atom is -0.511 e. The summed E-state index contributed by atoms with van der Waals surface area (Å²) in [6, 6.07) is 6.71. The van der Waals surface area contributed by atoms with E-state index in [0.29, 0.717) is 18.6 Å². The van der Waals surface area contributed by atoms with Crippen LogP contribution in [0.3, 0.4) is 0 Å². The van der Waals surface area contributed by atoms with Crippen molar-refractivity contribution in [1.82, 2.24) is 0 Å². The molecule has 2 heteroatoms. The Morgan fingerprint density at radius 2 is 1.56 bits per heavy atom.